The van der Waals surface area contributed by atoms with E-state index in [4.69, 9.17) is 0 Å². The Morgan fingerprint density at radius 3 is 2.68 bits per heavy atom. The molecule has 2 aromatic rings. The number of hydrogen-bond donors (Lipinski definition) is 3. The number of carbonyl (C=O) groups is 1. The predicted molar refractivity (Wildman–Crippen MR) is 88.4 cm³/mol. The Hall–Kier alpha value is -1.70. The van der Waals surface area contributed by atoms with Crippen molar-refractivity contribution in [3.63, 3.8) is 0 Å². The quantitative estimate of drug-likeness (QED) is 0.721. The predicted octanol–water partition coefficient (Wildman–Crippen LogP) is 1.89. The van der Waals surface area contributed by atoms with Gasteiger partial charge in [-0.3, -0.25) is 4.21 Å². The molecule has 2 atom stereocenters. The number of benzene rings is 1. The number of hydrogen-bond acceptors (Lipinski definition) is 4. The lowest BCUT2D eigenvalue weighted by Gasteiger charge is -2.11. The third-order valence-electron chi connectivity index (χ3n) is 2.96. The second kappa shape index (κ2) is 8.67. The summed E-state index contributed by atoms with van der Waals surface area (Å²) in [6, 6.07) is 10.6. The fourth-order valence-electron chi connectivity index (χ4n) is 1.78. The van der Waals surface area contributed by atoms with Crippen LogP contribution in [0.5, 0.6) is 0 Å². The summed E-state index contributed by atoms with van der Waals surface area (Å²) < 4.78 is 11.9. The van der Waals surface area contributed by atoms with Gasteiger partial charge in [-0.1, -0.05) is 18.2 Å². The van der Waals surface area contributed by atoms with E-state index in [2.05, 4.69) is 10.6 Å². The summed E-state index contributed by atoms with van der Waals surface area (Å²) in [6.07, 6.45) is -0.713. The average Bonchev–Trinajstić information content (AvgIpc) is 3.08. The van der Waals surface area contributed by atoms with Gasteiger partial charge in [-0.15, -0.1) is 0 Å². The van der Waals surface area contributed by atoms with E-state index in [0.717, 1.165) is 10.5 Å². The van der Waals surface area contributed by atoms with E-state index < -0.39 is 16.9 Å². The number of rotatable bonds is 7. The lowest BCUT2D eigenvalue weighted by Crippen LogP contribution is -2.39. The number of aliphatic hydroxyl groups is 1. The third kappa shape index (κ3) is 5.25. The number of aliphatic hydroxyl groups excluding tert-OH is 1. The van der Waals surface area contributed by atoms with E-state index in [1.165, 1.54) is 11.3 Å². The van der Waals surface area contributed by atoms with Crippen molar-refractivity contribution in [3.05, 3.63) is 52.7 Å². The first-order chi connectivity index (χ1) is 10.7. The molecule has 1 aromatic carbocycles. The molecule has 2 amide bonds. The minimum Gasteiger partial charge on any atom is -0.387 e. The van der Waals surface area contributed by atoms with Gasteiger partial charge >= 0.3 is 6.03 Å². The van der Waals surface area contributed by atoms with Crippen LogP contribution in [0, 0.1) is 0 Å². The number of amides is 2. The van der Waals surface area contributed by atoms with Crippen LogP contribution in [0.25, 0.3) is 0 Å². The van der Waals surface area contributed by atoms with Gasteiger partial charge in [0.05, 0.1) is 16.9 Å². The van der Waals surface area contributed by atoms with Gasteiger partial charge in [0.1, 0.15) is 0 Å². The van der Waals surface area contributed by atoms with Gasteiger partial charge in [-0.2, -0.15) is 11.3 Å². The Balaban J connectivity index is 1.65. The SMILES string of the molecule is O=C(NCC[S@@](=O)c1ccccc1)NC[C@@H](O)c1ccsc1. The number of thiophene rings is 1. The molecule has 0 aliphatic rings. The van der Waals surface area contributed by atoms with Gasteiger partial charge < -0.3 is 15.7 Å². The van der Waals surface area contributed by atoms with Gasteiger partial charge in [0, 0.05) is 23.7 Å². The van der Waals surface area contributed by atoms with E-state index in [-0.39, 0.29) is 12.6 Å². The number of urea groups is 1. The summed E-state index contributed by atoms with van der Waals surface area (Å²) in [5, 5.41) is 18.8. The molecule has 1 aromatic heterocycles. The molecule has 2 rings (SSSR count). The second-order valence-corrected chi connectivity index (χ2v) is 6.92. The Morgan fingerprint density at radius 2 is 2.00 bits per heavy atom. The Labute approximate surface area is 135 Å². The summed E-state index contributed by atoms with van der Waals surface area (Å²) >= 11 is 1.50. The van der Waals surface area contributed by atoms with Crippen molar-refractivity contribution < 1.29 is 14.1 Å². The molecule has 118 valence electrons. The van der Waals surface area contributed by atoms with E-state index in [9.17, 15) is 14.1 Å². The Morgan fingerprint density at radius 1 is 1.23 bits per heavy atom. The van der Waals surface area contributed by atoms with Crippen molar-refractivity contribution in [2.24, 2.45) is 0 Å². The fourth-order valence-corrected chi connectivity index (χ4v) is 3.47. The van der Waals surface area contributed by atoms with E-state index in [0.29, 0.717) is 12.3 Å². The van der Waals surface area contributed by atoms with E-state index in [1.54, 1.807) is 12.1 Å². The average molecular weight is 338 g/mol. The summed E-state index contributed by atoms with van der Waals surface area (Å²) in [5.74, 6) is 0.352. The molecular weight excluding hydrogens is 320 g/mol. The molecule has 7 heteroatoms. The molecule has 0 saturated carbocycles. The van der Waals surface area contributed by atoms with Gasteiger partial charge in [0.2, 0.25) is 0 Å². The highest BCUT2D eigenvalue weighted by atomic mass is 32.2. The van der Waals surface area contributed by atoms with Crippen molar-refractivity contribution in [3.8, 4) is 0 Å². The first-order valence-corrected chi connectivity index (χ1v) is 9.08. The van der Waals surface area contributed by atoms with Crippen molar-refractivity contribution in [2.45, 2.75) is 11.0 Å². The zero-order chi connectivity index (χ0) is 15.8. The molecule has 0 aliphatic heterocycles. The highest BCUT2D eigenvalue weighted by Gasteiger charge is 2.10. The van der Waals surface area contributed by atoms with Crippen molar-refractivity contribution in [1.82, 2.24) is 10.6 Å². The minimum atomic E-state index is -1.13. The van der Waals surface area contributed by atoms with Crippen LogP contribution >= 0.6 is 11.3 Å². The lowest BCUT2D eigenvalue weighted by atomic mass is 10.2. The number of nitrogens with one attached hydrogen (secondary N) is 2. The van der Waals surface area contributed by atoms with Crippen LogP contribution in [0.2, 0.25) is 0 Å². The third-order valence-corrected chi connectivity index (χ3v) is 5.04. The molecule has 5 nitrogen and oxygen atoms in total. The van der Waals surface area contributed by atoms with E-state index >= 15 is 0 Å². The zero-order valence-corrected chi connectivity index (χ0v) is 13.5. The number of carbonyl (C=O) groups excluding carboxylic acids is 1. The molecule has 0 saturated heterocycles. The van der Waals surface area contributed by atoms with Crippen LogP contribution < -0.4 is 10.6 Å². The molecule has 0 spiro atoms. The molecule has 22 heavy (non-hydrogen) atoms. The highest BCUT2D eigenvalue weighted by molar-refractivity contribution is 7.85. The lowest BCUT2D eigenvalue weighted by molar-refractivity contribution is 0.173. The molecule has 0 fully saturated rings. The Kier molecular flexibility index (Phi) is 6.57. The standard InChI is InChI=1S/C15H18N2O3S2/c18-14(12-6-8-21-11-12)10-17-15(19)16-7-9-22(20)13-4-2-1-3-5-13/h1-6,8,11,14,18H,7,9-10H2,(H2,16,17,19)/t14-,22-/m1/s1. The summed E-state index contributed by atoms with van der Waals surface area (Å²) in [6.45, 7) is 0.451. The normalized spacial score (nSPS) is 13.3. The second-order valence-electron chi connectivity index (χ2n) is 4.57. The maximum atomic E-state index is 11.9. The van der Waals surface area contributed by atoms with Crippen molar-refractivity contribution in [2.75, 3.05) is 18.8 Å². The van der Waals surface area contributed by atoms with Crippen LogP contribution in [-0.2, 0) is 10.8 Å². The van der Waals surface area contributed by atoms with E-state index in [1.807, 2.05) is 35.0 Å². The maximum Gasteiger partial charge on any atom is 0.314 e. The van der Waals surface area contributed by atoms with Gasteiger partial charge in [0.15, 0.2) is 0 Å². The van der Waals surface area contributed by atoms with Gasteiger partial charge in [0.25, 0.3) is 0 Å². The summed E-state index contributed by atoms with van der Waals surface area (Å²) in [5.41, 5.74) is 0.787. The van der Waals surface area contributed by atoms with Crippen molar-refractivity contribution in [1.29, 1.82) is 0 Å². The first-order valence-electron chi connectivity index (χ1n) is 6.82. The maximum absolute atomic E-state index is 11.9. The molecule has 3 N–H and O–H groups in total. The Bertz CT molecular complexity index is 603. The van der Waals surface area contributed by atoms with Crippen LogP contribution in [0.15, 0.2) is 52.1 Å². The minimum absolute atomic E-state index is 0.143. The highest BCUT2D eigenvalue weighted by Crippen LogP contribution is 2.14. The smallest absolute Gasteiger partial charge is 0.314 e. The molecule has 0 radical (unpaired) electrons. The first kappa shape index (κ1) is 16.7. The van der Waals surface area contributed by atoms with Crippen LogP contribution in [0.1, 0.15) is 11.7 Å². The molecule has 0 aliphatic carbocycles. The zero-order valence-electron chi connectivity index (χ0n) is 11.9. The van der Waals surface area contributed by atoms with Gasteiger partial charge in [-0.25, -0.2) is 4.79 Å². The summed E-state index contributed by atoms with van der Waals surface area (Å²) in [4.78, 5) is 12.4. The molecule has 0 unspecified atom stereocenters. The largest absolute Gasteiger partial charge is 0.387 e. The fraction of sp³-hybridized carbons (Fsp3) is 0.267. The molecular formula is C15H18N2O3S2. The topological polar surface area (TPSA) is 78.4 Å². The van der Waals surface area contributed by atoms with Crippen molar-refractivity contribution >= 4 is 28.2 Å². The van der Waals surface area contributed by atoms with Crippen LogP contribution in [-0.4, -0.2) is 34.2 Å². The molecule has 1 heterocycles. The summed E-state index contributed by atoms with van der Waals surface area (Å²) in [7, 11) is -1.13. The van der Waals surface area contributed by atoms with Gasteiger partial charge in [-0.05, 0) is 34.5 Å². The van der Waals surface area contributed by atoms with Crippen LogP contribution in [0.3, 0.4) is 0 Å². The molecule has 0 bridgehead atoms. The monoisotopic (exact) mass is 338 g/mol. The van der Waals surface area contributed by atoms with Crippen LogP contribution in [0.4, 0.5) is 4.79 Å².